The van der Waals surface area contributed by atoms with Crippen LogP contribution in [0.4, 0.5) is 11.4 Å². The van der Waals surface area contributed by atoms with Gasteiger partial charge in [0.05, 0.1) is 17.7 Å². The van der Waals surface area contributed by atoms with Crippen molar-refractivity contribution in [1.29, 1.82) is 0 Å². The third kappa shape index (κ3) is 4.23. The van der Waals surface area contributed by atoms with Crippen LogP contribution in [0.1, 0.15) is 20.8 Å². The predicted octanol–water partition coefficient (Wildman–Crippen LogP) is 3.85. The van der Waals surface area contributed by atoms with Gasteiger partial charge in [-0.1, -0.05) is 26.8 Å². The molecule has 0 bridgehead atoms. The number of benzene rings is 2. The van der Waals surface area contributed by atoms with Gasteiger partial charge in [0.25, 0.3) is 0 Å². The first-order chi connectivity index (χ1) is 13.3. The molecule has 3 N–H and O–H groups in total. The van der Waals surface area contributed by atoms with Crippen molar-refractivity contribution in [1.82, 2.24) is 0 Å². The second-order valence-electron chi connectivity index (χ2n) is 7.59. The summed E-state index contributed by atoms with van der Waals surface area (Å²) in [5.74, 6) is 0.278. The standard InChI is InChI=1S/C22H24N2O4/c1-22(2,3)21(27)24-16-5-4-6-18-20(16)17(26)13-19(28-18)14-7-9-15(10-8-14)23-11-12-25/h4-10,13,23,25H,11-12H2,1-3H3,(H,24,27). The molecule has 3 aromatic rings. The quantitative estimate of drug-likeness (QED) is 0.625. The topological polar surface area (TPSA) is 91.6 Å². The first kappa shape index (κ1) is 19.6. The van der Waals surface area contributed by atoms with E-state index in [9.17, 15) is 9.59 Å². The second kappa shape index (κ2) is 7.86. The van der Waals surface area contributed by atoms with E-state index in [0.717, 1.165) is 11.3 Å². The van der Waals surface area contributed by atoms with Crippen LogP contribution >= 0.6 is 0 Å². The molecular formula is C22H24N2O4. The number of anilines is 2. The van der Waals surface area contributed by atoms with Crippen molar-refractivity contribution >= 4 is 28.3 Å². The molecule has 0 unspecified atom stereocenters. The lowest BCUT2D eigenvalue weighted by Gasteiger charge is -2.18. The highest BCUT2D eigenvalue weighted by atomic mass is 16.3. The molecule has 0 aliphatic rings. The lowest BCUT2D eigenvalue weighted by molar-refractivity contribution is -0.123. The van der Waals surface area contributed by atoms with Crippen LogP contribution in [0.2, 0.25) is 0 Å². The van der Waals surface area contributed by atoms with Crippen LogP contribution in [0.3, 0.4) is 0 Å². The number of hydrogen-bond acceptors (Lipinski definition) is 5. The van der Waals surface area contributed by atoms with E-state index in [1.165, 1.54) is 6.07 Å². The molecule has 0 saturated carbocycles. The Morgan fingerprint density at radius 3 is 2.46 bits per heavy atom. The summed E-state index contributed by atoms with van der Waals surface area (Å²) >= 11 is 0. The number of aliphatic hydroxyl groups is 1. The highest BCUT2D eigenvalue weighted by Gasteiger charge is 2.22. The van der Waals surface area contributed by atoms with Gasteiger partial charge in [-0.15, -0.1) is 0 Å². The Kier molecular flexibility index (Phi) is 5.51. The Morgan fingerprint density at radius 1 is 1.11 bits per heavy atom. The summed E-state index contributed by atoms with van der Waals surface area (Å²) in [6, 6.07) is 14.0. The third-order valence-electron chi connectivity index (χ3n) is 4.29. The van der Waals surface area contributed by atoms with Crippen molar-refractivity contribution in [2.45, 2.75) is 20.8 Å². The Balaban J connectivity index is 1.98. The number of rotatable bonds is 5. The van der Waals surface area contributed by atoms with Gasteiger partial charge in [0, 0.05) is 29.3 Å². The zero-order valence-electron chi connectivity index (χ0n) is 16.2. The first-order valence-corrected chi connectivity index (χ1v) is 9.13. The lowest BCUT2D eigenvalue weighted by Crippen LogP contribution is -2.28. The molecule has 28 heavy (non-hydrogen) atoms. The van der Waals surface area contributed by atoms with Crippen LogP contribution in [0.5, 0.6) is 0 Å². The molecule has 0 spiro atoms. The van der Waals surface area contributed by atoms with Gasteiger partial charge in [0.15, 0.2) is 5.43 Å². The zero-order valence-corrected chi connectivity index (χ0v) is 16.2. The normalized spacial score (nSPS) is 11.4. The van der Waals surface area contributed by atoms with Gasteiger partial charge in [-0.05, 0) is 36.4 Å². The molecule has 0 radical (unpaired) electrons. The van der Waals surface area contributed by atoms with E-state index < -0.39 is 5.41 Å². The number of carbonyl (C=O) groups is 1. The van der Waals surface area contributed by atoms with Crippen LogP contribution < -0.4 is 16.1 Å². The summed E-state index contributed by atoms with van der Waals surface area (Å²) in [6.45, 7) is 5.95. The molecular weight excluding hydrogens is 356 g/mol. The number of amides is 1. The van der Waals surface area contributed by atoms with Crippen LogP contribution in [-0.2, 0) is 4.79 Å². The summed E-state index contributed by atoms with van der Waals surface area (Å²) in [5, 5.41) is 15.1. The summed E-state index contributed by atoms with van der Waals surface area (Å²) < 4.78 is 5.95. The van der Waals surface area contributed by atoms with Crippen molar-refractivity contribution in [2.75, 3.05) is 23.8 Å². The molecule has 1 amide bonds. The Morgan fingerprint density at radius 2 is 1.82 bits per heavy atom. The van der Waals surface area contributed by atoms with E-state index in [1.807, 2.05) is 45.0 Å². The van der Waals surface area contributed by atoms with Gasteiger partial charge >= 0.3 is 0 Å². The minimum Gasteiger partial charge on any atom is -0.456 e. The van der Waals surface area contributed by atoms with Crippen molar-refractivity contribution < 1.29 is 14.3 Å². The molecule has 3 rings (SSSR count). The van der Waals surface area contributed by atoms with Crippen LogP contribution in [-0.4, -0.2) is 24.2 Å². The SMILES string of the molecule is CC(C)(C)C(=O)Nc1cccc2oc(-c3ccc(NCCO)cc3)cc(=O)c12. The highest BCUT2D eigenvalue weighted by Crippen LogP contribution is 2.28. The third-order valence-corrected chi connectivity index (χ3v) is 4.29. The maximum atomic E-state index is 12.8. The molecule has 2 aromatic carbocycles. The average molecular weight is 380 g/mol. The molecule has 146 valence electrons. The van der Waals surface area contributed by atoms with Crippen LogP contribution in [0, 0.1) is 5.41 Å². The van der Waals surface area contributed by atoms with Gasteiger partial charge in [-0.2, -0.15) is 0 Å². The fraction of sp³-hybridized carbons (Fsp3) is 0.273. The van der Waals surface area contributed by atoms with Crippen LogP contribution in [0.25, 0.3) is 22.3 Å². The van der Waals surface area contributed by atoms with Gasteiger partial charge in [-0.25, -0.2) is 0 Å². The summed E-state index contributed by atoms with van der Waals surface area (Å²) in [4.78, 5) is 25.1. The molecule has 0 saturated heterocycles. The number of hydrogen-bond donors (Lipinski definition) is 3. The van der Waals surface area contributed by atoms with Crippen molar-refractivity contribution in [3.05, 3.63) is 58.8 Å². The van der Waals surface area contributed by atoms with Gasteiger partial charge in [0.1, 0.15) is 11.3 Å². The van der Waals surface area contributed by atoms with E-state index in [0.29, 0.717) is 29.0 Å². The second-order valence-corrected chi connectivity index (χ2v) is 7.59. The predicted molar refractivity (Wildman–Crippen MR) is 112 cm³/mol. The largest absolute Gasteiger partial charge is 0.456 e. The smallest absolute Gasteiger partial charge is 0.229 e. The zero-order chi connectivity index (χ0) is 20.3. The molecule has 0 atom stereocenters. The number of fused-ring (bicyclic) bond motifs is 1. The Hall–Kier alpha value is -3.12. The van der Waals surface area contributed by atoms with Gasteiger partial charge in [0.2, 0.25) is 5.91 Å². The molecule has 0 aliphatic carbocycles. The summed E-state index contributed by atoms with van der Waals surface area (Å²) in [6.07, 6.45) is 0. The van der Waals surface area contributed by atoms with E-state index in [1.54, 1.807) is 18.2 Å². The number of nitrogens with one attached hydrogen (secondary N) is 2. The number of carbonyl (C=O) groups excluding carboxylic acids is 1. The molecule has 0 fully saturated rings. The van der Waals surface area contributed by atoms with E-state index >= 15 is 0 Å². The van der Waals surface area contributed by atoms with Gasteiger partial charge < -0.3 is 20.2 Å². The minimum absolute atomic E-state index is 0.0510. The number of aliphatic hydroxyl groups excluding tert-OH is 1. The first-order valence-electron chi connectivity index (χ1n) is 9.13. The Bertz CT molecular complexity index is 1050. The molecule has 1 heterocycles. The monoisotopic (exact) mass is 380 g/mol. The van der Waals surface area contributed by atoms with Crippen molar-refractivity contribution in [3.63, 3.8) is 0 Å². The molecule has 0 aliphatic heterocycles. The average Bonchev–Trinajstić information content (AvgIpc) is 2.66. The Labute approximate surface area is 163 Å². The fourth-order valence-corrected chi connectivity index (χ4v) is 2.72. The highest BCUT2D eigenvalue weighted by molar-refractivity contribution is 6.02. The van der Waals surface area contributed by atoms with E-state index in [4.69, 9.17) is 9.52 Å². The maximum absolute atomic E-state index is 12.8. The summed E-state index contributed by atoms with van der Waals surface area (Å²) in [5.41, 5.74) is 1.70. The van der Waals surface area contributed by atoms with Crippen LogP contribution in [0.15, 0.2) is 57.7 Å². The van der Waals surface area contributed by atoms with E-state index in [-0.39, 0.29) is 17.9 Å². The maximum Gasteiger partial charge on any atom is 0.229 e. The van der Waals surface area contributed by atoms with Crippen molar-refractivity contribution in [3.8, 4) is 11.3 Å². The molecule has 1 aromatic heterocycles. The lowest BCUT2D eigenvalue weighted by atomic mass is 9.95. The minimum atomic E-state index is -0.575. The fourth-order valence-electron chi connectivity index (χ4n) is 2.72. The molecule has 6 nitrogen and oxygen atoms in total. The van der Waals surface area contributed by atoms with Gasteiger partial charge in [-0.3, -0.25) is 9.59 Å². The van der Waals surface area contributed by atoms with Crippen molar-refractivity contribution in [2.24, 2.45) is 5.41 Å². The molecule has 6 heteroatoms. The van der Waals surface area contributed by atoms with E-state index in [2.05, 4.69) is 10.6 Å². The summed E-state index contributed by atoms with van der Waals surface area (Å²) in [7, 11) is 0.